The lowest BCUT2D eigenvalue weighted by molar-refractivity contribution is 1.62. The maximum atomic E-state index is 2.36. The first kappa shape index (κ1) is 22.8. The summed E-state index contributed by atoms with van der Waals surface area (Å²) in [6.45, 7) is 2.32. The molecule has 0 unspecified atom stereocenters. The molecule has 0 N–H and O–H groups in total. The van der Waals surface area contributed by atoms with Gasteiger partial charge in [0.25, 0.3) is 0 Å². The second-order valence-corrected chi connectivity index (χ2v) is 10.8. The Balaban J connectivity index is 2.30. The van der Waals surface area contributed by atoms with Crippen LogP contribution in [-0.2, 0) is 0 Å². The number of hydrogen-bond donors (Lipinski definition) is 0. The fourth-order valence-electron chi connectivity index (χ4n) is 5.61. The van der Waals surface area contributed by atoms with E-state index >= 15 is 0 Å². The van der Waals surface area contributed by atoms with Crippen LogP contribution in [0.5, 0.6) is 0 Å². The summed E-state index contributed by atoms with van der Waals surface area (Å²) < 4.78 is 2.95. The molecule has 31 heavy (non-hydrogen) atoms. The first-order valence-electron chi connectivity index (χ1n) is 11.4. The summed E-state index contributed by atoms with van der Waals surface area (Å²) in [5.41, 5.74) is 20.2. The molecule has 0 amide bonds. The van der Waals surface area contributed by atoms with E-state index in [2.05, 4.69) is 93.2 Å². The van der Waals surface area contributed by atoms with Crippen molar-refractivity contribution in [3.8, 4) is 11.1 Å². The molecule has 3 aromatic carbocycles. The van der Waals surface area contributed by atoms with Crippen LogP contribution in [-0.4, -0.2) is 86.3 Å². The van der Waals surface area contributed by atoms with Gasteiger partial charge in [-0.05, 0) is 29.0 Å². The number of benzene rings is 3. The van der Waals surface area contributed by atoms with E-state index in [9.17, 15) is 0 Å². The van der Waals surface area contributed by atoms with E-state index in [0.29, 0.717) is 0 Å². The Morgan fingerprint density at radius 1 is 0.387 bits per heavy atom. The Morgan fingerprint density at radius 3 is 1.29 bits per heavy atom. The molecule has 0 nitrogen and oxygen atoms in total. The fraction of sp³-hybridized carbons (Fsp3) is 0.0526. The van der Waals surface area contributed by atoms with Gasteiger partial charge in [0.15, 0.2) is 0 Å². The zero-order chi connectivity index (χ0) is 23.1. The van der Waals surface area contributed by atoms with Gasteiger partial charge in [-0.2, -0.15) is 0 Å². The minimum absolute atomic E-state index is 1.43. The lowest BCUT2D eigenvalue weighted by Crippen LogP contribution is -2.56. The summed E-state index contributed by atoms with van der Waals surface area (Å²) in [6.07, 6.45) is 0. The third-order valence-electron chi connectivity index (χ3n) is 8.59. The van der Waals surface area contributed by atoms with Gasteiger partial charge in [0.2, 0.25) is 0 Å². The van der Waals surface area contributed by atoms with Crippen molar-refractivity contribution >= 4 is 178 Å². The molecule has 1 aromatic heterocycles. The Labute approximate surface area is 201 Å². The lowest BCUT2D eigenvalue weighted by Gasteiger charge is -2.25. The maximum Gasteiger partial charge on any atom is 0.140 e. The monoisotopic (exact) mass is 406 g/mol. The highest BCUT2D eigenvalue weighted by Crippen LogP contribution is 2.32. The summed E-state index contributed by atoms with van der Waals surface area (Å²) in [5, 5.41) is 2.97. The quantitative estimate of drug-likeness (QED) is 0.277. The third-order valence-corrected chi connectivity index (χ3v) is 10.0. The van der Waals surface area contributed by atoms with Crippen LogP contribution in [0.4, 0.5) is 0 Å². The molecule has 12 heteroatoms. The summed E-state index contributed by atoms with van der Waals surface area (Å²) >= 11 is 2.00. The molecule has 0 saturated heterocycles. The highest BCUT2D eigenvalue weighted by Gasteiger charge is 2.23. The van der Waals surface area contributed by atoms with Crippen LogP contribution in [0.25, 0.3) is 31.3 Å². The van der Waals surface area contributed by atoms with E-state index in [1.807, 2.05) is 11.3 Å². The van der Waals surface area contributed by atoms with E-state index < -0.39 is 0 Å². The zero-order valence-electron chi connectivity index (χ0n) is 21.4. The van der Waals surface area contributed by atoms with Crippen molar-refractivity contribution < 1.29 is 0 Å². The molecule has 4 aromatic rings. The molecule has 140 valence electrons. The smallest absolute Gasteiger partial charge is 0.136 e. The Hall–Kier alpha value is -1.41. The summed E-state index contributed by atoms with van der Waals surface area (Å²) in [7, 11) is 25.4. The van der Waals surface area contributed by atoms with Gasteiger partial charge >= 0.3 is 0 Å². The van der Waals surface area contributed by atoms with Crippen molar-refractivity contribution in [3.05, 3.63) is 5.56 Å². The normalized spacial score (nSPS) is 11.5. The summed E-state index contributed by atoms with van der Waals surface area (Å²) in [6, 6.07) is 0. The average Bonchev–Trinajstić information content (AvgIpc) is 3.15. The lowest BCUT2D eigenvalue weighted by atomic mass is 9.57. The molecule has 1 heterocycles. The molecule has 0 radical (unpaired) electrons. The van der Waals surface area contributed by atoms with Crippen LogP contribution in [0.3, 0.4) is 0 Å². The van der Waals surface area contributed by atoms with Crippen LogP contribution in [0.2, 0.25) is 0 Å². The molecule has 0 atom stereocenters. The van der Waals surface area contributed by atoms with E-state index in [1.165, 1.54) is 97.0 Å². The number of rotatable bonds is 1. The number of hydrogen-bond acceptors (Lipinski definition) is 1. The van der Waals surface area contributed by atoms with Crippen LogP contribution in [0.1, 0.15) is 5.56 Å². The molecule has 0 fully saturated rings. The Kier molecular flexibility index (Phi) is 5.57. The SMILES string of the molecule is Bc1c(B)c(B)c(-c2c(B)c(B)c3sc4c(B)c(B)c(B)c(C)c4c3c2B)c(B)c1B. The zero-order valence-corrected chi connectivity index (χ0v) is 22.2. The van der Waals surface area contributed by atoms with Gasteiger partial charge in [-0.3, -0.25) is 0 Å². The maximum absolute atomic E-state index is 2.36. The van der Waals surface area contributed by atoms with Gasteiger partial charge in [0.1, 0.15) is 86.3 Å². The molecule has 0 spiro atoms. The highest BCUT2D eigenvalue weighted by atomic mass is 32.1. The van der Waals surface area contributed by atoms with E-state index in [1.54, 1.807) is 0 Å². The standard InChI is InChI=1S/C19H25B11S/c1-2-3-6-8(21)4(5-9(22)13(26)15(28)14(27)10(5)23)11(24)16(29)19(6)31-18(3)17(30)12(25)7(2)20/h20-30H2,1H3. The first-order chi connectivity index (χ1) is 14.4. The van der Waals surface area contributed by atoms with Crippen molar-refractivity contribution in [1.29, 1.82) is 0 Å². The first-order valence-corrected chi connectivity index (χ1v) is 12.2. The van der Waals surface area contributed by atoms with Crippen LogP contribution in [0.15, 0.2) is 0 Å². The second kappa shape index (κ2) is 7.58. The topological polar surface area (TPSA) is 0 Å². The number of fused-ring (bicyclic) bond motifs is 3. The minimum Gasteiger partial charge on any atom is -0.136 e. The highest BCUT2D eigenvalue weighted by molar-refractivity contribution is 7.28. The Bertz CT molecular complexity index is 1420. The van der Waals surface area contributed by atoms with Gasteiger partial charge < -0.3 is 0 Å². The minimum atomic E-state index is 1.43. The van der Waals surface area contributed by atoms with Gasteiger partial charge in [-0.15, -0.1) is 27.7 Å². The van der Waals surface area contributed by atoms with E-state index in [4.69, 9.17) is 0 Å². The largest absolute Gasteiger partial charge is 0.140 e. The third kappa shape index (κ3) is 2.96. The number of aryl methyl sites for hydroxylation is 1. The second-order valence-electron chi connectivity index (χ2n) is 9.76. The summed E-state index contributed by atoms with van der Waals surface area (Å²) in [4.78, 5) is 0. The van der Waals surface area contributed by atoms with Crippen molar-refractivity contribution in [2.75, 3.05) is 0 Å². The van der Waals surface area contributed by atoms with Crippen LogP contribution in [0, 0.1) is 6.92 Å². The fourth-order valence-corrected chi connectivity index (χ4v) is 7.14. The predicted octanol–water partition coefficient (Wildman–Crippen LogP) is -13.1. The molecule has 0 aliphatic heterocycles. The Morgan fingerprint density at radius 2 is 0.742 bits per heavy atom. The number of thiophene rings is 1. The molecular formula is C19H25B11S. The van der Waals surface area contributed by atoms with Gasteiger partial charge in [-0.25, -0.2) is 0 Å². The molecule has 0 aliphatic rings. The van der Waals surface area contributed by atoms with E-state index in [0.717, 1.165) is 0 Å². The van der Waals surface area contributed by atoms with Crippen LogP contribution < -0.4 is 60.1 Å². The molecular weight excluding hydrogens is 379 g/mol. The van der Waals surface area contributed by atoms with Crippen molar-refractivity contribution in [2.24, 2.45) is 0 Å². The average molecular weight is 404 g/mol. The van der Waals surface area contributed by atoms with E-state index in [-0.39, 0.29) is 0 Å². The van der Waals surface area contributed by atoms with Gasteiger partial charge in [0.05, 0.1) is 0 Å². The van der Waals surface area contributed by atoms with Gasteiger partial charge in [0, 0.05) is 14.8 Å². The predicted molar refractivity (Wildman–Crippen MR) is 179 cm³/mol. The molecule has 0 saturated carbocycles. The van der Waals surface area contributed by atoms with Gasteiger partial charge in [-0.1, -0.05) is 43.7 Å². The van der Waals surface area contributed by atoms with Crippen molar-refractivity contribution in [2.45, 2.75) is 6.92 Å². The molecule has 4 rings (SSSR count). The molecule has 0 bridgehead atoms. The van der Waals surface area contributed by atoms with Crippen molar-refractivity contribution in [3.63, 3.8) is 0 Å². The van der Waals surface area contributed by atoms with Crippen LogP contribution >= 0.6 is 11.3 Å². The summed E-state index contributed by atoms with van der Waals surface area (Å²) in [5.74, 6) is 0. The van der Waals surface area contributed by atoms with Crippen molar-refractivity contribution in [1.82, 2.24) is 0 Å². The molecule has 0 aliphatic carbocycles.